The smallest absolute Gasteiger partial charge is 0.416 e. The predicted molar refractivity (Wildman–Crippen MR) is 124 cm³/mol. The number of hydrogen-bond acceptors (Lipinski definition) is 5. The third kappa shape index (κ3) is 4.76. The Kier molecular flexibility index (Phi) is 6.47. The Morgan fingerprint density at radius 2 is 1.78 bits per heavy atom. The molecule has 184 valence electrons. The van der Waals surface area contributed by atoms with Gasteiger partial charge < -0.3 is 9.84 Å². The number of ether oxygens (including phenoxy) is 1. The molecule has 1 atom stereocenters. The van der Waals surface area contributed by atoms with Crippen molar-refractivity contribution >= 4 is 35.4 Å². The number of hydrogen-bond donors (Lipinski definition) is 2. The van der Waals surface area contributed by atoms with Gasteiger partial charge in [0.05, 0.1) is 23.9 Å². The summed E-state index contributed by atoms with van der Waals surface area (Å²) in [6.07, 6.45) is -3.54. The molecule has 0 radical (unpaired) electrons. The fourth-order valence-electron chi connectivity index (χ4n) is 3.73. The lowest BCUT2D eigenvalue weighted by atomic mass is 10.0. The van der Waals surface area contributed by atoms with Gasteiger partial charge in [-0.15, -0.1) is 0 Å². The number of alkyl halides is 3. The van der Waals surface area contributed by atoms with Crippen LogP contribution in [-0.2, 0) is 11.0 Å². The molecule has 1 aliphatic heterocycles. The van der Waals surface area contributed by atoms with E-state index in [1.807, 2.05) is 0 Å². The van der Waals surface area contributed by atoms with Crippen LogP contribution in [0.3, 0.4) is 0 Å². The first-order valence-corrected chi connectivity index (χ1v) is 10.5. The molecule has 0 spiro atoms. The zero-order valence-electron chi connectivity index (χ0n) is 18.6. The summed E-state index contributed by atoms with van der Waals surface area (Å²) >= 11 is 0. The summed E-state index contributed by atoms with van der Waals surface area (Å²) in [5, 5.41) is 13.1. The van der Waals surface area contributed by atoms with Crippen molar-refractivity contribution in [1.29, 1.82) is 0 Å². The van der Waals surface area contributed by atoms with E-state index >= 15 is 0 Å². The van der Waals surface area contributed by atoms with Gasteiger partial charge in [-0.25, -0.2) is 10.2 Å². The van der Waals surface area contributed by atoms with E-state index in [2.05, 4.69) is 10.5 Å². The molecule has 0 saturated carbocycles. The summed E-state index contributed by atoms with van der Waals surface area (Å²) in [5.41, 5.74) is 1.69. The van der Waals surface area contributed by atoms with Crippen molar-refractivity contribution in [3.63, 3.8) is 0 Å². The van der Waals surface area contributed by atoms with Crippen molar-refractivity contribution in [2.24, 2.45) is 5.10 Å². The number of benzene rings is 3. The number of nitrogens with one attached hydrogen (secondary N) is 1. The molecule has 0 aliphatic carbocycles. The minimum Gasteiger partial charge on any atom is -0.497 e. The zero-order chi connectivity index (χ0) is 26.0. The molecule has 4 rings (SSSR count). The predicted octanol–water partition coefficient (Wildman–Crippen LogP) is 4.59. The number of anilines is 2. The summed E-state index contributed by atoms with van der Waals surface area (Å²) in [4.78, 5) is 38.0. The Bertz CT molecular complexity index is 1370. The Hall–Kier alpha value is -4.67. The number of carbonyl (C=O) groups excluding carboxylic acids is 2. The lowest BCUT2D eigenvalue weighted by molar-refractivity contribution is -0.137. The van der Waals surface area contributed by atoms with Crippen molar-refractivity contribution in [2.45, 2.75) is 12.1 Å². The standard InChI is InChI=1S/C25H18F3N3O5/c1-36-18-8-5-14(6-9-18)22(32)30-29-13-20-19-10-7-16(25(26,27)28)12-21(19)31(23(20)33)17-4-2-3-15(11-17)24(34)35/h2-13,20H,1H3,(H,30,32)(H,34,35). The quantitative estimate of drug-likeness (QED) is 0.383. The number of carbonyl (C=O) groups is 3. The lowest BCUT2D eigenvalue weighted by Gasteiger charge is -2.19. The van der Waals surface area contributed by atoms with E-state index < -0.39 is 35.4 Å². The molecule has 2 amide bonds. The van der Waals surface area contributed by atoms with Gasteiger partial charge in [0.15, 0.2) is 0 Å². The van der Waals surface area contributed by atoms with Gasteiger partial charge in [-0.1, -0.05) is 12.1 Å². The van der Waals surface area contributed by atoms with Crippen LogP contribution in [-0.4, -0.2) is 36.2 Å². The fourth-order valence-corrected chi connectivity index (χ4v) is 3.73. The van der Waals surface area contributed by atoms with Crippen LogP contribution in [0.25, 0.3) is 0 Å². The molecular weight excluding hydrogens is 479 g/mol. The number of halogens is 3. The molecule has 1 aliphatic rings. The van der Waals surface area contributed by atoms with Crippen LogP contribution < -0.4 is 15.1 Å². The second-order valence-electron chi connectivity index (χ2n) is 7.73. The first-order chi connectivity index (χ1) is 17.1. The van der Waals surface area contributed by atoms with E-state index in [-0.39, 0.29) is 28.1 Å². The van der Waals surface area contributed by atoms with Crippen LogP contribution in [0.1, 0.15) is 37.8 Å². The third-order valence-electron chi connectivity index (χ3n) is 5.51. The molecule has 2 N–H and O–H groups in total. The highest BCUT2D eigenvalue weighted by Crippen LogP contribution is 2.44. The van der Waals surface area contributed by atoms with Crippen molar-refractivity contribution in [1.82, 2.24) is 5.43 Å². The van der Waals surface area contributed by atoms with Gasteiger partial charge >= 0.3 is 12.1 Å². The minimum atomic E-state index is -4.66. The second kappa shape index (κ2) is 9.53. The SMILES string of the molecule is COc1ccc(C(=O)NN=CC2C(=O)N(c3cccc(C(=O)O)c3)c3cc(C(F)(F)F)ccc32)cc1. The molecule has 0 aromatic heterocycles. The number of carboxylic acid groups (broad SMARTS) is 1. The van der Waals surface area contributed by atoms with Crippen LogP contribution in [0.5, 0.6) is 5.75 Å². The van der Waals surface area contributed by atoms with E-state index in [9.17, 15) is 32.7 Å². The molecule has 0 fully saturated rings. The highest BCUT2D eigenvalue weighted by Gasteiger charge is 2.40. The summed E-state index contributed by atoms with van der Waals surface area (Å²) < 4.78 is 45.2. The van der Waals surface area contributed by atoms with E-state index in [1.165, 1.54) is 49.6 Å². The Labute approximate surface area is 202 Å². The number of rotatable bonds is 6. The average molecular weight is 497 g/mol. The van der Waals surface area contributed by atoms with Crippen molar-refractivity contribution in [2.75, 3.05) is 12.0 Å². The van der Waals surface area contributed by atoms with Crippen molar-refractivity contribution < 1.29 is 37.4 Å². The number of aromatic carboxylic acids is 1. The third-order valence-corrected chi connectivity index (χ3v) is 5.51. The molecule has 8 nitrogen and oxygen atoms in total. The lowest BCUT2D eigenvalue weighted by Crippen LogP contribution is -2.26. The number of amides is 2. The number of fused-ring (bicyclic) bond motifs is 1. The Morgan fingerprint density at radius 3 is 2.42 bits per heavy atom. The topological polar surface area (TPSA) is 108 Å². The van der Waals surface area contributed by atoms with Crippen LogP contribution in [0.4, 0.5) is 24.5 Å². The number of carboxylic acids is 1. The maximum atomic E-state index is 13.4. The molecule has 36 heavy (non-hydrogen) atoms. The molecule has 3 aromatic carbocycles. The van der Waals surface area contributed by atoms with E-state index in [4.69, 9.17) is 4.74 Å². The van der Waals surface area contributed by atoms with Crippen molar-refractivity contribution in [3.05, 3.63) is 89.0 Å². The van der Waals surface area contributed by atoms with Gasteiger partial charge in [0.2, 0.25) is 5.91 Å². The molecule has 1 heterocycles. The Morgan fingerprint density at radius 1 is 1.06 bits per heavy atom. The highest BCUT2D eigenvalue weighted by molar-refractivity contribution is 6.18. The molecule has 1 unspecified atom stereocenters. The number of hydrazone groups is 1. The van der Waals surface area contributed by atoms with Gasteiger partial charge in [-0.2, -0.15) is 18.3 Å². The largest absolute Gasteiger partial charge is 0.497 e. The normalized spacial score (nSPS) is 15.2. The van der Waals surface area contributed by atoms with Crippen LogP contribution in [0.2, 0.25) is 0 Å². The summed E-state index contributed by atoms with van der Waals surface area (Å²) in [7, 11) is 1.48. The van der Waals surface area contributed by atoms with Crippen LogP contribution in [0, 0.1) is 0 Å². The van der Waals surface area contributed by atoms with Gasteiger partial charge in [-0.05, 0) is 60.2 Å². The van der Waals surface area contributed by atoms with Crippen LogP contribution in [0.15, 0.2) is 71.8 Å². The van der Waals surface area contributed by atoms with Gasteiger partial charge in [0.25, 0.3) is 5.91 Å². The van der Waals surface area contributed by atoms with E-state index in [0.29, 0.717) is 5.75 Å². The highest BCUT2D eigenvalue weighted by atomic mass is 19.4. The number of methoxy groups -OCH3 is 1. The average Bonchev–Trinajstić information content (AvgIpc) is 3.14. The number of nitrogens with zero attached hydrogens (tertiary/aromatic N) is 2. The minimum absolute atomic E-state index is 0.0599. The van der Waals surface area contributed by atoms with E-state index in [0.717, 1.165) is 23.2 Å². The Balaban J connectivity index is 1.67. The van der Waals surface area contributed by atoms with E-state index in [1.54, 1.807) is 12.1 Å². The van der Waals surface area contributed by atoms with Gasteiger partial charge in [0, 0.05) is 17.5 Å². The summed E-state index contributed by atoms with van der Waals surface area (Å²) in [6.45, 7) is 0. The first-order valence-electron chi connectivity index (χ1n) is 10.5. The second-order valence-corrected chi connectivity index (χ2v) is 7.73. The summed E-state index contributed by atoms with van der Waals surface area (Å²) in [5.74, 6) is -3.06. The molecule has 11 heteroatoms. The van der Waals surface area contributed by atoms with Crippen molar-refractivity contribution in [3.8, 4) is 5.75 Å². The first kappa shape index (κ1) is 24.5. The summed E-state index contributed by atoms with van der Waals surface area (Å²) in [6, 6.07) is 14.3. The fraction of sp³-hybridized carbons (Fsp3) is 0.120. The maximum absolute atomic E-state index is 13.4. The molecule has 0 saturated heterocycles. The molecule has 0 bridgehead atoms. The van der Waals surface area contributed by atoms with Crippen LogP contribution >= 0.6 is 0 Å². The molecule has 3 aromatic rings. The van der Waals surface area contributed by atoms with Gasteiger partial charge in [0.1, 0.15) is 11.7 Å². The molecular formula is C25H18F3N3O5. The van der Waals surface area contributed by atoms with Gasteiger partial charge in [-0.3, -0.25) is 14.5 Å². The monoisotopic (exact) mass is 497 g/mol. The maximum Gasteiger partial charge on any atom is 0.416 e. The zero-order valence-corrected chi connectivity index (χ0v) is 18.6.